The Balaban J connectivity index is 1.65. The van der Waals surface area contributed by atoms with E-state index in [-0.39, 0.29) is 24.7 Å². The summed E-state index contributed by atoms with van der Waals surface area (Å²) in [6.07, 6.45) is -10.5. The fraction of sp³-hybridized carbons (Fsp3) is 0.667. The fourth-order valence-corrected chi connectivity index (χ4v) is 3.16. The Hall–Kier alpha value is -1.58. The predicted octanol–water partition coefficient (Wildman–Crippen LogP) is -3.47. The van der Waals surface area contributed by atoms with Crippen molar-refractivity contribution in [2.24, 2.45) is 0 Å². The highest BCUT2D eigenvalue weighted by atomic mass is 16.7. The van der Waals surface area contributed by atoms with Crippen LogP contribution in [0.1, 0.15) is 5.56 Å². The lowest BCUT2D eigenvalue weighted by molar-refractivity contribution is -0.289. The molecule has 3 rings (SSSR count). The number of aliphatic hydroxyl groups is 7. The van der Waals surface area contributed by atoms with E-state index in [2.05, 4.69) is 0 Å². The molecule has 2 aliphatic rings. The Kier molecular flexibility index (Phi) is 7.14. The van der Waals surface area contributed by atoms with Crippen LogP contribution in [0, 0.1) is 0 Å². The van der Waals surface area contributed by atoms with Gasteiger partial charge >= 0.3 is 0 Å². The van der Waals surface area contributed by atoms with E-state index in [1.54, 1.807) is 0 Å². The van der Waals surface area contributed by atoms with Crippen LogP contribution < -0.4 is 4.74 Å². The maximum atomic E-state index is 10.2. The molecule has 0 saturated carbocycles. The van der Waals surface area contributed by atoms with Gasteiger partial charge in [0.05, 0.1) is 26.4 Å². The molecule has 0 radical (unpaired) electrons. The first-order valence-corrected chi connectivity index (χ1v) is 9.23. The van der Waals surface area contributed by atoms with Crippen molar-refractivity contribution >= 4 is 0 Å². The SMILES string of the molecule is OCc1ccc(O[C@@H]2O[C@H](CO[C@@H]3OC[C@@](O)(CO)[C@H]3O)[C@@H](O)[C@H](O)[C@H]2O)c(O)c1. The van der Waals surface area contributed by atoms with Gasteiger partial charge in [0.25, 0.3) is 0 Å². The van der Waals surface area contributed by atoms with Gasteiger partial charge in [-0.05, 0) is 17.7 Å². The zero-order valence-electron chi connectivity index (χ0n) is 15.8. The summed E-state index contributed by atoms with van der Waals surface area (Å²) in [6, 6.07) is 4.05. The first-order valence-electron chi connectivity index (χ1n) is 9.23. The number of aliphatic hydroxyl groups excluding tert-OH is 6. The number of rotatable bonds is 7. The average molecular weight is 434 g/mol. The second-order valence-corrected chi connectivity index (χ2v) is 7.31. The number of phenolic OH excluding ortho intramolecular Hbond substituents is 1. The molecule has 0 aromatic heterocycles. The van der Waals surface area contributed by atoms with Gasteiger partial charge < -0.3 is 59.8 Å². The largest absolute Gasteiger partial charge is 0.504 e. The first-order chi connectivity index (χ1) is 14.2. The quantitative estimate of drug-likeness (QED) is 0.211. The van der Waals surface area contributed by atoms with Gasteiger partial charge in [-0.1, -0.05) is 6.07 Å². The van der Waals surface area contributed by atoms with Crippen molar-refractivity contribution in [1.29, 1.82) is 0 Å². The molecular weight excluding hydrogens is 408 g/mol. The fourth-order valence-electron chi connectivity index (χ4n) is 3.16. The molecule has 0 spiro atoms. The van der Waals surface area contributed by atoms with Crippen LogP contribution in [0.2, 0.25) is 0 Å². The minimum atomic E-state index is -1.89. The summed E-state index contributed by atoms with van der Waals surface area (Å²) in [7, 11) is 0. The summed E-state index contributed by atoms with van der Waals surface area (Å²) in [5, 5.41) is 78.6. The van der Waals surface area contributed by atoms with Crippen molar-refractivity contribution in [2.75, 3.05) is 19.8 Å². The topological polar surface area (TPSA) is 199 Å². The monoisotopic (exact) mass is 434 g/mol. The van der Waals surface area contributed by atoms with Crippen molar-refractivity contribution < 1.29 is 59.8 Å². The van der Waals surface area contributed by atoms with E-state index in [9.17, 15) is 30.6 Å². The van der Waals surface area contributed by atoms with Crippen LogP contribution in [0.15, 0.2) is 18.2 Å². The first kappa shape index (κ1) is 23.1. The Bertz CT molecular complexity index is 716. The van der Waals surface area contributed by atoms with Crippen molar-refractivity contribution in [3.05, 3.63) is 23.8 Å². The molecule has 30 heavy (non-hydrogen) atoms. The number of hydrogen-bond acceptors (Lipinski definition) is 12. The summed E-state index contributed by atoms with van der Waals surface area (Å²) in [5.74, 6) is -0.432. The molecule has 2 heterocycles. The molecule has 12 nitrogen and oxygen atoms in total. The van der Waals surface area contributed by atoms with E-state index in [0.717, 1.165) is 0 Å². The molecule has 0 bridgehead atoms. The second kappa shape index (κ2) is 9.28. The number of phenols is 1. The van der Waals surface area contributed by atoms with Crippen molar-refractivity contribution in [3.8, 4) is 11.5 Å². The lowest BCUT2D eigenvalue weighted by atomic mass is 9.99. The van der Waals surface area contributed by atoms with Gasteiger partial charge in [0.2, 0.25) is 6.29 Å². The summed E-state index contributed by atoms with van der Waals surface area (Å²) in [5.41, 5.74) is -1.47. The van der Waals surface area contributed by atoms with Crippen LogP contribution in [-0.4, -0.2) is 109 Å². The Morgan fingerprint density at radius 1 is 1.03 bits per heavy atom. The molecular formula is C18H26O12. The van der Waals surface area contributed by atoms with E-state index >= 15 is 0 Å². The molecule has 0 unspecified atom stereocenters. The molecule has 0 aliphatic carbocycles. The summed E-state index contributed by atoms with van der Waals surface area (Å²) >= 11 is 0. The van der Waals surface area contributed by atoms with E-state index in [0.29, 0.717) is 5.56 Å². The number of hydrogen-bond donors (Lipinski definition) is 8. The molecule has 2 fully saturated rings. The Labute approximate surface area is 171 Å². The summed E-state index contributed by atoms with van der Waals surface area (Å²) in [4.78, 5) is 0. The third kappa shape index (κ3) is 4.53. The van der Waals surface area contributed by atoms with E-state index < -0.39 is 61.9 Å². The molecule has 1 aromatic rings. The molecule has 0 amide bonds. The van der Waals surface area contributed by atoms with Crippen LogP contribution in [0.5, 0.6) is 11.5 Å². The zero-order chi connectivity index (χ0) is 22.1. The molecule has 8 N–H and O–H groups in total. The Morgan fingerprint density at radius 2 is 1.77 bits per heavy atom. The van der Waals surface area contributed by atoms with Crippen molar-refractivity contribution in [3.63, 3.8) is 0 Å². The van der Waals surface area contributed by atoms with Gasteiger partial charge in [-0.15, -0.1) is 0 Å². The maximum Gasteiger partial charge on any atom is 0.229 e. The minimum Gasteiger partial charge on any atom is -0.504 e. The second-order valence-electron chi connectivity index (χ2n) is 7.31. The highest BCUT2D eigenvalue weighted by Gasteiger charge is 2.50. The molecule has 1 aromatic carbocycles. The normalized spacial score (nSPS) is 39.2. The third-order valence-corrected chi connectivity index (χ3v) is 5.12. The third-order valence-electron chi connectivity index (χ3n) is 5.12. The minimum absolute atomic E-state index is 0.0953. The van der Waals surface area contributed by atoms with Gasteiger partial charge in [0, 0.05) is 0 Å². The zero-order valence-corrected chi connectivity index (χ0v) is 15.8. The number of ether oxygens (including phenoxy) is 4. The van der Waals surface area contributed by atoms with Gasteiger partial charge in [-0.25, -0.2) is 0 Å². The van der Waals surface area contributed by atoms with Crippen molar-refractivity contribution in [1.82, 2.24) is 0 Å². The molecule has 170 valence electrons. The van der Waals surface area contributed by atoms with E-state index in [1.807, 2.05) is 0 Å². The molecule has 8 atom stereocenters. The average Bonchev–Trinajstić information content (AvgIpc) is 3.03. The highest BCUT2D eigenvalue weighted by Crippen LogP contribution is 2.32. The lowest BCUT2D eigenvalue weighted by Crippen LogP contribution is -2.60. The van der Waals surface area contributed by atoms with Gasteiger partial charge in [-0.3, -0.25) is 0 Å². The molecule has 2 aliphatic heterocycles. The van der Waals surface area contributed by atoms with E-state index in [4.69, 9.17) is 29.2 Å². The van der Waals surface area contributed by atoms with E-state index in [1.165, 1.54) is 18.2 Å². The standard InChI is InChI=1S/C18H26O12/c19-4-8-1-2-10(9(21)3-8)29-16-14(24)13(23)12(22)11(30-16)5-27-17-15(25)18(26,6-20)7-28-17/h1-3,11-17,19-26H,4-7H2/t11-,12-,13+,14-,15+,16-,17-,18+/m1/s1. The van der Waals surface area contributed by atoms with Crippen LogP contribution in [0.4, 0.5) is 0 Å². The van der Waals surface area contributed by atoms with Crippen LogP contribution in [-0.2, 0) is 20.8 Å². The Morgan fingerprint density at radius 3 is 2.37 bits per heavy atom. The van der Waals surface area contributed by atoms with Crippen LogP contribution >= 0.6 is 0 Å². The maximum absolute atomic E-state index is 10.2. The number of benzene rings is 1. The van der Waals surface area contributed by atoms with Gasteiger partial charge in [-0.2, -0.15) is 0 Å². The smallest absolute Gasteiger partial charge is 0.229 e. The van der Waals surface area contributed by atoms with Gasteiger partial charge in [0.1, 0.15) is 36.1 Å². The highest BCUT2D eigenvalue weighted by molar-refractivity contribution is 5.41. The van der Waals surface area contributed by atoms with Crippen LogP contribution in [0.25, 0.3) is 0 Å². The lowest BCUT2D eigenvalue weighted by Gasteiger charge is -2.40. The predicted molar refractivity (Wildman–Crippen MR) is 95.1 cm³/mol. The van der Waals surface area contributed by atoms with Crippen molar-refractivity contribution in [2.45, 2.75) is 55.3 Å². The van der Waals surface area contributed by atoms with Gasteiger partial charge in [0.15, 0.2) is 17.8 Å². The number of aromatic hydroxyl groups is 1. The molecule has 12 heteroatoms. The summed E-state index contributed by atoms with van der Waals surface area (Å²) in [6.45, 7) is -1.86. The summed E-state index contributed by atoms with van der Waals surface area (Å²) < 4.78 is 21.3. The molecule has 2 saturated heterocycles. The van der Waals surface area contributed by atoms with Crippen LogP contribution in [0.3, 0.4) is 0 Å².